The molecule has 0 amide bonds. The number of carbonyl (C=O) groups is 1. The van der Waals surface area contributed by atoms with Crippen molar-refractivity contribution < 1.29 is 9.53 Å². The predicted molar refractivity (Wildman–Crippen MR) is 113 cm³/mol. The summed E-state index contributed by atoms with van der Waals surface area (Å²) >= 11 is 0. The molecule has 140 valence electrons. The van der Waals surface area contributed by atoms with Gasteiger partial charge in [0.2, 0.25) is 0 Å². The van der Waals surface area contributed by atoms with Gasteiger partial charge >= 0.3 is 5.97 Å². The van der Waals surface area contributed by atoms with Gasteiger partial charge in [-0.15, -0.1) is 0 Å². The van der Waals surface area contributed by atoms with Gasteiger partial charge in [-0.25, -0.2) is 4.79 Å². The average Bonchev–Trinajstić information content (AvgIpc) is 3.35. The van der Waals surface area contributed by atoms with Gasteiger partial charge in [-0.3, -0.25) is 4.98 Å². The zero-order valence-electron chi connectivity index (χ0n) is 15.9. The highest BCUT2D eigenvalue weighted by atomic mass is 16.5. The zero-order valence-corrected chi connectivity index (χ0v) is 15.9. The molecule has 6 rings (SSSR count). The number of hydrogen-bond acceptors (Lipinski definition) is 3. The maximum Gasteiger partial charge on any atom is 0.340 e. The molecule has 3 heteroatoms. The van der Waals surface area contributed by atoms with E-state index in [1.807, 2.05) is 48.5 Å². The molecule has 0 fully saturated rings. The van der Waals surface area contributed by atoms with Crippen molar-refractivity contribution in [3.63, 3.8) is 0 Å². The van der Waals surface area contributed by atoms with E-state index in [1.54, 1.807) is 0 Å². The van der Waals surface area contributed by atoms with Crippen LogP contribution >= 0.6 is 0 Å². The summed E-state index contributed by atoms with van der Waals surface area (Å²) in [6.07, 6.45) is 2.47. The van der Waals surface area contributed by atoms with Gasteiger partial charge in [-0.05, 0) is 42.0 Å². The van der Waals surface area contributed by atoms with Crippen LogP contribution in [-0.2, 0) is 17.6 Å². The molecule has 0 bridgehead atoms. The number of fused-ring (bicyclic) bond motifs is 5. The summed E-state index contributed by atoms with van der Waals surface area (Å²) in [7, 11) is 0. The molecular formula is C26H19NO2. The van der Waals surface area contributed by atoms with E-state index >= 15 is 0 Å². The number of carbonyl (C=O) groups excluding carboxylic acids is 1. The van der Waals surface area contributed by atoms with Crippen LogP contribution in [0.4, 0.5) is 0 Å². The first-order valence-electron chi connectivity index (χ1n) is 10.1. The Labute approximate surface area is 169 Å². The van der Waals surface area contributed by atoms with Gasteiger partial charge < -0.3 is 4.74 Å². The third kappa shape index (κ3) is 2.44. The molecule has 29 heavy (non-hydrogen) atoms. The molecule has 0 unspecified atom stereocenters. The smallest absolute Gasteiger partial charge is 0.340 e. The van der Waals surface area contributed by atoms with Crippen LogP contribution in [0.25, 0.3) is 22.0 Å². The minimum Gasteiger partial charge on any atom is -0.449 e. The molecule has 0 radical (unpaired) electrons. The van der Waals surface area contributed by atoms with E-state index in [-0.39, 0.29) is 12.1 Å². The third-order valence-corrected chi connectivity index (χ3v) is 6.12. The Morgan fingerprint density at radius 2 is 1.48 bits per heavy atom. The van der Waals surface area contributed by atoms with E-state index in [2.05, 4.69) is 24.3 Å². The molecule has 3 aromatic carbocycles. The van der Waals surface area contributed by atoms with Crippen LogP contribution in [0.1, 0.15) is 45.3 Å². The van der Waals surface area contributed by atoms with E-state index in [1.165, 1.54) is 0 Å². The first kappa shape index (κ1) is 16.5. The second kappa shape index (κ2) is 6.28. The number of aryl methyl sites for hydroxylation is 1. The molecule has 4 aromatic rings. The number of esters is 1. The highest BCUT2D eigenvalue weighted by Crippen LogP contribution is 2.45. The van der Waals surface area contributed by atoms with Gasteiger partial charge in [0.25, 0.3) is 0 Å². The van der Waals surface area contributed by atoms with Crippen molar-refractivity contribution in [2.24, 2.45) is 0 Å². The standard InChI is InChI=1S/C26H19NO2/c28-26(24-20-12-5-6-14-22(20)27-23-15-7-13-21(23)24)29-25-18-10-3-1-8-16(18)17-9-2-4-11-19(17)25/h1-6,8-12,14,25H,7,13,15H2. The summed E-state index contributed by atoms with van der Waals surface area (Å²) in [6, 6.07) is 24.3. The number of benzene rings is 3. The predicted octanol–water partition coefficient (Wildman–Crippen LogP) is 5.65. The second-order valence-corrected chi connectivity index (χ2v) is 7.74. The van der Waals surface area contributed by atoms with Crippen LogP contribution in [0.15, 0.2) is 72.8 Å². The van der Waals surface area contributed by atoms with Crippen LogP contribution in [0.5, 0.6) is 0 Å². The first-order chi connectivity index (χ1) is 14.3. The molecule has 0 aliphatic heterocycles. The third-order valence-electron chi connectivity index (χ3n) is 6.12. The number of nitrogens with zero attached hydrogens (tertiary/aromatic N) is 1. The van der Waals surface area contributed by atoms with Gasteiger partial charge in [0, 0.05) is 22.2 Å². The maximum atomic E-state index is 13.5. The summed E-state index contributed by atoms with van der Waals surface area (Å²) < 4.78 is 6.22. The Morgan fingerprint density at radius 1 is 0.828 bits per heavy atom. The van der Waals surface area contributed by atoms with Crippen molar-refractivity contribution in [3.8, 4) is 11.1 Å². The van der Waals surface area contributed by atoms with Crippen LogP contribution in [-0.4, -0.2) is 11.0 Å². The summed E-state index contributed by atoms with van der Waals surface area (Å²) in [5.41, 5.74) is 8.07. The van der Waals surface area contributed by atoms with E-state index in [9.17, 15) is 4.79 Å². The second-order valence-electron chi connectivity index (χ2n) is 7.74. The largest absolute Gasteiger partial charge is 0.449 e. The topological polar surface area (TPSA) is 39.2 Å². The molecule has 2 aliphatic rings. The van der Waals surface area contributed by atoms with Gasteiger partial charge in [-0.1, -0.05) is 66.7 Å². The summed E-state index contributed by atoms with van der Waals surface area (Å²) in [5.74, 6) is -0.252. The van der Waals surface area contributed by atoms with Crippen molar-refractivity contribution in [1.29, 1.82) is 0 Å². The fraction of sp³-hybridized carbons (Fsp3) is 0.154. The van der Waals surface area contributed by atoms with Crippen LogP contribution in [0, 0.1) is 0 Å². The summed E-state index contributed by atoms with van der Waals surface area (Å²) in [6.45, 7) is 0. The summed E-state index contributed by atoms with van der Waals surface area (Å²) in [4.78, 5) is 18.3. The van der Waals surface area contributed by atoms with Gasteiger partial charge in [0.15, 0.2) is 6.10 Å². The van der Waals surface area contributed by atoms with Crippen molar-refractivity contribution >= 4 is 16.9 Å². The minimum atomic E-state index is -0.376. The lowest BCUT2D eigenvalue weighted by Crippen LogP contribution is -2.14. The molecule has 0 N–H and O–H groups in total. The molecule has 3 nitrogen and oxygen atoms in total. The Morgan fingerprint density at radius 3 is 2.24 bits per heavy atom. The highest BCUT2D eigenvalue weighted by molar-refractivity contribution is 6.05. The fourth-order valence-electron chi connectivity index (χ4n) is 4.85. The molecule has 0 saturated heterocycles. The van der Waals surface area contributed by atoms with Crippen LogP contribution in [0.3, 0.4) is 0 Å². The lowest BCUT2D eigenvalue weighted by Gasteiger charge is -2.17. The Hall–Kier alpha value is -3.46. The lowest BCUT2D eigenvalue weighted by atomic mass is 10.0. The van der Waals surface area contributed by atoms with E-state index < -0.39 is 0 Å². The van der Waals surface area contributed by atoms with Gasteiger partial charge in [0.1, 0.15) is 0 Å². The Kier molecular flexibility index (Phi) is 3.57. The van der Waals surface area contributed by atoms with E-state index in [4.69, 9.17) is 9.72 Å². The van der Waals surface area contributed by atoms with Crippen LogP contribution in [0.2, 0.25) is 0 Å². The fourth-order valence-corrected chi connectivity index (χ4v) is 4.85. The van der Waals surface area contributed by atoms with Crippen molar-refractivity contribution in [3.05, 3.63) is 101 Å². The number of ether oxygens (including phenoxy) is 1. The molecule has 2 aliphatic carbocycles. The Bertz CT molecular complexity index is 1250. The molecule has 0 saturated carbocycles. The number of para-hydroxylation sites is 1. The van der Waals surface area contributed by atoms with Crippen molar-refractivity contribution in [2.75, 3.05) is 0 Å². The van der Waals surface area contributed by atoms with Crippen LogP contribution < -0.4 is 0 Å². The molecule has 1 heterocycles. The quantitative estimate of drug-likeness (QED) is 0.424. The molecule has 0 atom stereocenters. The average molecular weight is 377 g/mol. The lowest BCUT2D eigenvalue weighted by molar-refractivity contribution is 0.0387. The minimum absolute atomic E-state index is 0.252. The van der Waals surface area contributed by atoms with Crippen molar-refractivity contribution in [1.82, 2.24) is 4.98 Å². The molecule has 0 spiro atoms. The molecule has 1 aromatic heterocycles. The first-order valence-corrected chi connectivity index (χ1v) is 10.1. The normalized spacial score (nSPS) is 14.5. The SMILES string of the molecule is O=C(OC1c2ccccc2-c2ccccc21)c1c2c(nc3ccccc13)CCC2. The van der Waals surface area contributed by atoms with E-state index in [0.717, 1.165) is 63.7 Å². The number of pyridine rings is 1. The number of aromatic nitrogens is 1. The van der Waals surface area contributed by atoms with Gasteiger partial charge in [-0.2, -0.15) is 0 Å². The monoisotopic (exact) mass is 377 g/mol. The summed E-state index contributed by atoms with van der Waals surface area (Å²) in [5, 5.41) is 0.887. The van der Waals surface area contributed by atoms with Gasteiger partial charge in [0.05, 0.1) is 11.1 Å². The van der Waals surface area contributed by atoms with Crippen molar-refractivity contribution in [2.45, 2.75) is 25.4 Å². The number of hydrogen-bond donors (Lipinski definition) is 0. The molecular weight excluding hydrogens is 358 g/mol. The highest BCUT2D eigenvalue weighted by Gasteiger charge is 2.33. The zero-order chi connectivity index (χ0) is 19.4. The van der Waals surface area contributed by atoms with E-state index in [0.29, 0.717) is 5.56 Å². The Balaban J connectivity index is 1.48. The number of rotatable bonds is 2. The maximum absolute atomic E-state index is 13.5.